The van der Waals surface area contributed by atoms with Crippen molar-refractivity contribution in [2.45, 2.75) is 77.4 Å². The molecule has 9 heteroatoms. The first kappa shape index (κ1) is 28.6. The average Bonchev–Trinajstić information content (AvgIpc) is 3.35. The molecule has 1 N–H and O–H groups in total. The number of rotatable bonds is 11. The Balaban J connectivity index is 1.96. The van der Waals surface area contributed by atoms with Crippen LogP contribution >= 0.6 is 0 Å². The van der Waals surface area contributed by atoms with E-state index in [0.717, 1.165) is 41.8 Å². The van der Waals surface area contributed by atoms with Gasteiger partial charge in [-0.15, -0.1) is 0 Å². The number of carbonyl (C=O) groups excluding carboxylic acids is 2. The number of para-hydroxylation sites is 1. The van der Waals surface area contributed by atoms with Crippen LogP contribution < -0.4 is 9.62 Å². The van der Waals surface area contributed by atoms with Gasteiger partial charge in [-0.1, -0.05) is 63.9 Å². The van der Waals surface area contributed by atoms with Crippen molar-refractivity contribution in [3.05, 3.63) is 65.5 Å². The molecule has 1 fully saturated rings. The van der Waals surface area contributed by atoms with Gasteiger partial charge in [0.1, 0.15) is 18.4 Å². The third-order valence-electron chi connectivity index (χ3n) is 6.86. The molecule has 1 atom stereocenters. The normalized spacial score (nSPS) is 15.0. The first-order chi connectivity index (χ1) is 17.5. The maximum atomic E-state index is 13.8. The van der Waals surface area contributed by atoms with E-state index in [1.165, 1.54) is 17.0 Å². The van der Waals surface area contributed by atoms with Crippen LogP contribution in [0, 0.1) is 5.82 Å². The van der Waals surface area contributed by atoms with Gasteiger partial charge in [0.25, 0.3) is 0 Å². The molecule has 0 bridgehead atoms. The van der Waals surface area contributed by atoms with E-state index in [4.69, 9.17) is 0 Å². The summed E-state index contributed by atoms with van der Waals surface area (Å²) in [4.78, 5) is 28.6. The Morgan fingerprint density at radius 1 is 1.05 bits per heavy atom. The minimum absolute atomic E-state index is 0.0337. The van der Waals surface area contributed by atoms with E-state index in [9.17, 15) is 22.4 Å². The van der Waals surface area contributed by atoms with Gasteiger partial charge in [0, 0.05) is 12.6 Å². The Hall–Kier alpha value is -2.94. The Morgan fingerprint density at radius 2 is 1.68 bits per heavy atom. The second kappa shape index (κ2) is 12.5. The van der Waals surface area contributed by atoms with E-state index >= 15 is 0 Å². The predicted octanol–water partition coefficient (Wildman–Crippen LogP) is 4.58. The lowest BCUT2D eigenvalue weighted by atomic mass is 10.0. The SMILES string of the molecule is CC[C@@H](C(=O)NC1CCCC1)N(Cc1ccc(F)cc1)C(=O)CN(c1ccccc1C(C)C)S(C)(=O)=O. The van der Waals surface area contributed by atoms with Crippen molar-refractivity contribution in [1.29, 1.82) is 0 Å². The van der Waals surface area contributed by atoms with E-state index in [1.54, 1.807) is 24.3 Å². The van der Waals surface area contributed by atoms with Crippen LogP contribution in [0.25, 0.3) is 0 Å². The molecule has 0 heterocycles. The molecule has 3 rings (SSSR count). The highest BCUT2D eigenvalue weighted by Gasteiger charge is 2.33. The molecule has 1 aliphatic carbocycles. The summed E-state index contributed by atoms with van der Waals surface area (Å²) in [5, 5.41) is 3.07. The van der Waals surface area contributed by atoms with Gasteiger partial charge in [0.2, 0.25) is 21.8 Å². The quantitative estimate of drug-likeness (QED) is 0.460. The molecule has 0 unspecified atom stereocenters. The summed E-state index contributed by atoms with van der Waals surface area (Å²) in [5.74, 6) is -1.12. The van der Waals surface area contributed by atoms with Crippen LogP contribution in [0.5, 0.6) is 0 Å². The van der Waals surface area contributed by atoms with Gasteiger partial charge in [-0.2, -0.15) is 0 Å². The summed E-state index contributed by atoms with van der Waals surface area (Å²) in [6, 6.07) is 12.2. The molecule has 2 aromatic carbocycles. The van der Waals surface area contributed by atoms with Gasteiger partial charge < -0.3 is 10.2 Å². The number of hydrogen-bond donors (Lipinski definition) is 1. The zero-order chi connectivity index (χ0) is 27.2. The van der Waals surface area contributed by atoms with Crippen molar-refractivity contribution in [3.63, 3.8) is 0 Å². The maximum absolute atomic E-state index is 13.8. The second-order valence-electron chi connectivity index (χ2n) is 10.0. The molecule has 0 saturated heterocycles. The number of anilines is 1. The summed E-state index contributed by atoms with van der Waals surface area (Å²) in [5.41, 5.74) is 1.89. The molecular formula is C28H38FN3O4S. The molecule has 0 spiro atoms. The van der Waals surface area contributed by atoms with Crippen molar-refractivity contribution in [1.82, 2.24) is 10.2 Å². The molecule has 0 aliphatic heterocycles. The third-order valence-corrected chi connectivity index (χ3v) is 7.99. The van der Waals surface area contributed by atoms with Crippen LogP contribution in [0.4, 0.5) is 10.1 Å². The fraction of sp³-hybridized carbons (Fsp3) is 0.500. The number of halogens is 1. The van der Waals surface area contributed by atoms with Gasteiger partial charge >= 0.3 is 0 Å². The maximum Gasteiger partial charge on any atom is 0.244 e. The van der Waals surface area contributed by atoms with E-state index in [-0.39, 0.29) is 24.4 Å². The third kappa shape index (κ3) is 7.53. The molecule has 2 amide bonds. The standard InChI is InChI=1S/C28H38FN3O4S/c1-5-25(28(34)30-23-10-6-7-11-23)31(18-21-14-16-22(29)17-15-21)27(33)19-32(37(4,35)36)26-13-9-8-12-24(26)20(2)3/h8-9,12-17,20,23,25H,5-7,10-11,18-19H2,1-4H3,(H,30,34)/t25-/m0/s1. The molecule has 202 valence electrons. The number of nitrogens with zero attached hydrogens (tertiary/aromatic N) is 2. The number of hydrogen-bond acceptors (Lipinski definition) is 4. The largest absolute Gasteiger partial charge is 0.352 e. The molecule has 7 nitrogen and oxygen atoms in total. The lowest BCUT2D eigenvalue weighted by molar-refractivity contribution is -0.140. The molecular weight excluding hydrogens is 493 g/mol. The molecule has 2 aromatic rings. The second-order valence-corrected chi connectivity index (χ2v) is 12.0. The van der Waals surface area contributed by atoms with Crippen molar-refractivity contribution in [2.75, 3.05) is 17.1 Å². The lowest BCUT2D eigenvalue weighted by Crippen LogP contribution is -2.53. The first-order valence-corrected chi connectivity index (χ1v) is 14.8. The van der Waals surface area contributed by atoms with E-state index in [0.29, 0.717) is 17.7 Å². The highest BCUT2D eigenvalue weighted by atomic mass is 32.2. The topological polar surface area (TPSA) is 86.8 Å². The van der Waals surface area contributed by atoms with E-state index in [2.05, 4.69) is 5.32 Å². The van der Waals surface area contributed by atoms with Crippen LogP contribution in [-0.4, -0.2) is 50.0 Å². The Morgan fingerprint density at radius 3 is 2.24 bits per heavy atom. The number of nitrogens with one attached hydrogen (secondary N) is 1. The number of sulfonamides is 1. The van der Waals surface area contributed by atoms with Gasteiger partial charge in [-0.05, 0) is 54.5 Å². The number of carbonyl (C=O) groups is 2. The Labute approximate surface area is 220 Å². The van der Waals surface area contributed by atoms with E-state index in [1.807, 2.05) is 32.9 Å². The fourth-order valence-electron chi connectivity index (χ4n) is 4.87. The first-order valence-electron chi connectivity index (χ1n) is 12.9. The van der Waals surface area contributed by atoms with E-state index < -0.39 is 34.3 Å². The highest BCUT2D eigenvalue weighted by molar-refractivity contribution is 7.92. The zero-order valence-electron chi connectivity index (χ0n) is 22.1. The van der Waals surface area contributed by atoms with Gasteiger partial charge in [-0.25, -0.2) is 12.8 Å². The molecule has 1 aliphatic rings. The minimum Gasteiger partial charge on any atom is -0.352 e. The van der Waals surface area contributed by atoms with Crippen LogP contribution in [0.3, 0.4) is 0 Å². The van der Waals surface area contributed by atoms with Crippen molar-refractivity contribution < 1.29 is 22.4 Å². The number of amides is 2. The summed E-state index contributed by atoms with van der Waals surface area (Å²) < 4.78 is 40.5. The Kier molecular flexibility index (Phi) is 9.70. The molecule has 0 radical (unpaired) electrons. The molecule has 0 aromatic heterocycles. The average molecular weight is 532 g/mol. The van der Waals surface area contributed by atoms with Crippen LogP contribution in [0.1, 0.15) is 69.9 Å². The van der Waals surface area contributed by atoms with Gasteiger partial charge in [0.15, 0.2) is 0 Å². The van der Waals surface area contributed by atoms with Gasteiger partial charge in [-0.3, -0.25) is 13.9 Å². The summed E-state index contributed by atoms with van der Waals surface area (Å²) in [6.45, 7) is 5.35. The lowest BCUT2D eigenvalue weighted by Gasteiger charge is -2.34. The molecule has 37 heavy (non-hydrogen) atoms. The van der Waals surface area contributed by atoms with Crippen LogP contribution in [0.15, 0.2) is 48.5 Å². The Bertz CT molecular complexity index is 1180. The summed E-state index contributed by atoms with van der Waals surface area (Å²) in [6.07, 6.45) is 5.35. The van der Waals surface area contributed by atoms with Crippen LogP contribution in [-0.2, 0) is 26.2 Å². The predicted molar refractivity (Wildman–Crippen MR) is 144 cm³/mol. The minimum atomic E-state index is -3.82. The van der Waals surface area contributed by atoms with Crippen molar-refractivity contribution in [3.8, 4) is 0 Å². The van der Waals surface area contributed by atoms with Crippen LogP contribution in [0.2, 0.25) is 0 Å². The molecule has 1 saturated carbocycles. The fourth-order valence-corrected chi connectivity index (χ4v) is 5.74. The monoisotopic (exact) mass is 531 g/mol. The smallest absolute Gasteiger partial charge is 0.244 e. The zero-order valence-corrected chi connectivity index (χ0v) is 22.9. The summed E-state index contributed by atoms with van der Waals surface area (Å²) in [7, 11) is -3.82. The number of benzene rings is 2. The highest BCUT2D eigenvalue weighted by Crippen LogP contribution is 2.29. The van der Waals surface area contributed by atoms with Crippen molar-refractivity contribution in [2.24, 2.45) is 0 Å². The van der Waals surface area contributed by atoms with Crippen molar-refractivity contribution >= 4 is 27.5 Å². The van der Waals surface area contributed by atoms with Gasteiger partial charge in [0.05, 0.1) is 11.9 Å². The summed E-state index contributed by atoms with van der Waals surface area (Å²) >= 11 is 0.